The molecule has 0 atom stereocenters. The van der Waals surface area contributed by atoms with Crippen LogP contribution in [0.5, 0.6) is 0 Å². The Bertz CT molecular complexity index is 3530. The molecule has 0 radical (unpaired) electrons. The van der Waals surface area contributed by atoms with Crippen LogP contribution in [0.1, 0.15) is 0 Å². The minimum Gasteiger partial charge on any atom is -0.309 e. The summed E-state index contributed by atoms with van der Waals surface area (Å²) < 4.78 is 4.90. The van der Waals surface area contributed by atoms with Gasteiger partial charge in [-0.05, 0) is 76.5 Å². The first kappa shape index (κ1) is 34.0. The molecule has 4 nitrogen and oxygen atoms in total. The summed E-state index contributed by atoms with van der Waals surface area (Å²) in [5.41, 5.74) is 14.2. The minimum atomic E-state index is 0.700. The summed E-state index contributed by atoms with van der Waals surface area (Å²) in [6.07, 6.45) is 0. The average Bonchev–Trinajstić information content (AvgIpc) is 3.85. The lowest BCUT2D eigenvalue weighted by Gasteiger charge is -2.12. The summed E-state index contributed by atoms with van der Waals surface area (Å²) in [7, 11) is 0. The Labute approximate surface area is 346 Å². The van der Waals surface area contributed by atoms with Crippen LogP contribution in [0.25, 0.3) is 111 Å². The second-order valence-corrected chi connectivity index (χ2v) is 15.4. The summed E-state index contributed by atoms with van der Waals surface area (Å²) in [6, 6.07) is 78.0. The molecular weight excluding hydrogens is 729 g/mol. The van der Waals surface area contributed by atoms with Crippen LogP contribution in [-0.2, 0) is 0 Å². The van der Waals surface area contributed by atoms with Crippen molar-refractivity contribution in [3.63, 3.8) is 0 Å². The maximum absolute atomic E-state index is 5.14. The van der Waals surface area contributed by atoms with Gasteiger partial charge in [-0.15, -0.1) is 0 Å². The molecule has 3 aromatic heterocycles. The van der Waals surface area contributed by atoms with Gasteiger partial charge in [-0.1, -0.05) is 164 Å². The summed E-state index contributed by atoms with van der Waals surface area (Å²) in [5.74, 6) is 0.700. The van der Waals surface area contributed by atoms with E-state index in [-0.39, 0.29) is 0 Å². The van der Waals surface area contributed by atoms with Crippen LogP contribution in [0.2, 0.25) is 0 Å². The molecule has 12 rings (SSSR count). The Hall–Kier alpha value is -8.08. The molecular formula is C56H36N4. The molecule has 0 amide bonds. The summed E-state index contributed by atoms with van der Waals surface area (Å²) in [6.45, 7) is 0. The number of fused-ring (bicyclic) bond motifs is 8. The third-order valence-electron chi connectivity index (χ3n) is 11.9. The van der Waals surface area contributed by atoms with Crippen LogP contribution in [0.3, 0.4) is 0 Å². The normalized spacial score (nSPS) is 11.7. The fraction of sp³-hybridized carbons (Fsp3) is 0. The first-order valence-corrected chi connectivity index (χ1v) is 20.4. The van der Waals surface area contributed by atoms with Crippen molar-refractivity contribution in [2.24, 2.45) is 0 Å². The van der Waals surface area contributed by atoms with Crippen molar-refractivity contribution in [2.75, 3.05) is 0 Å². The van der Waals surface area contributed by atoms with Gasteiger partial charge < -0.3 is 9.13 Å². The summed E-state index contributed by atoms with van der Waals surface area (Å²) in [4.78, 5) is 10.3. The number of rotatable bonds is 6. The van der Waals surface area contributed by atoms with Crippen molar-refractivity contribution in [2.45, 2.75) is 0 Å². The van der Waals surface area contributed by atoms with Gasteiger partial charge in [0, 0.05) is 49.6 Å². The monoisotopic (exact) mass is 764 g/mol. The number of para-hydroxylation sites is 2. The van der Waals surface area contributed by atoms with Crippen molar-refractivity contribution in [3.8, 4) is 56.4 Å². The van der Waals surface area contributed by atoms with Crippen molar-refractivity contribution < 1.29 is 0 Å². The van der Waals surface area contributed by atoms with E-state index in [1.54, 1.807) is 0 Å². The van der Waals surface area contributed by atoms with E-state index >= 15 is 0 Å². The Kier molecular flexibility index (Phi) is 7.82. The molecule has 0 bridgehead atoms. The molecule has 0 saturated heterocycles. The van der Waals surface area contributed by atoms with E-state index < -0.39 is 0 Å². The highest BCUT2D eigenvalue weighted by Crippen LogP contribution is 2.43. The van der Waals surface area contributed by atoms with Gasteiger partial charge in [0.2, 0.25) is 0 Å². The van der Waals surface area contributed by atoms with Gasteiger partial charge >= 0.3 is 0 Å². The molecule has 9 aromatic carbocycles. The first-order chi connectivity index (χ1) is 29.7. The standard InChI is InChI=1S/C56H36N4/c1-4-15-37(16-5-1)41-21-14-22-44(34-41)60-51-25-12-10-23-46(51)47-31-32-53-54(55(47)60)48-24-11-13-26-52(48)59(53)45-30-29-38-27-28-42(33-43(38)35-45)56-57-49(39-17-6-2-7-18-39)36-50(58-56)40-19-8-3-9-20-40/h1-36H. The quantitative estimate of drug-likeness (QED) is 0.169. The average molecular weight is 765 g/mol. The van der Waals surface area contributed by atoms with Gasteiger partial charge in [0.05, 0.1) is 33.5 Å². The molecule has 0 aliphatic heterocycles. The predicted molar refractivity (Wildman–Crippen MR) is 250 cm³/mol. The summed E-state index contributed by atoms with van der Waals surface area (Å²) >= 11 is 0. The number of hydrogen-bond donors (Lipinski definition) is 0. The highest BCUT2D eigenvalue weighted by atomic mass is 15.0. The third kappa shape index (κ3) is 5.53. The number of aromatic nitrogens is 4. The van der Waals surface area contributed by atoms with Crippen molar-refractivity contribution in [3.05, 3.63) is 218 Å². The zero-order chi connectivity index (χ0) is 39.6. The number of nitrogens with zero attached hydrogens (tertiary/aromatic N) is 4. The number of hydrogen-bond acceptors (Lipinski definition) is 2. The lowest BCUT2D eigenvalue weighted by Crippen LogP contribution is -1.97. The Morgan fingerprint density at radius 1 is 0.300 bits per heavy atom. The van der Waals surface area contributed by atoms with Gasteiger partial charge in [0.15, 0.2) is 5.82 Å². The zero-order valence-corrected chi connectivity index (χ0v) is 32.6. The van der Waals surface area contributed by atoms with Crippen LogP contribution in [0, 0.1) is 0 Å². The largest absolute Gasteiger partial charge is 0.309 e. The molecule has 0 aliphatic carbocycles. The second kappa shape index (κ2) is 13.8. The Morgan fingerprint density at radius 2 is 0.883 bits per heavy atom. The molecule has 3 heterocycles. The smallest absolute Gasteiger partial charge is 0.160 e. The lowest BCUT2D eigenvalue weighted by molar-refractivity contribution is 1.18. The van der Waals surface area contributed by atoms with Crippen LogP contribution in [0.15, 0.2) is 218 Å². The Balaban J connectivity index is 1.06. The Morgan fingerprint density at radius 3 is 1.60 bits per heavy atom. The van der Waals surface area contributed by atoms with Crippen LogP contribution < -0.4 is 0 Å². The van der Waals surface area contributed by atoms with E-state index in [0.29, 0.717) is 5.82 Å². The van der Waals surface area contributed by atoms with Gasteiger partial charge in [-0.25, -0.2) is 9.97 Å². The number of benzene rings is 9. The topological polar surface area (TPSA) is 35.6 Å². The van der Waals surface area contributed by atoms with Gasteiger partial charge in [0.1, 0.15) is 0 Å². The van der Waals surface area contributed by atoms with Crippen LogP contribution in [-0.4, -0.2) is 19.1 Å². The van der Waals surface area contributed by atoms with Gasteiger partial charge in [0.25, 0.3) is 0 Å². The zero-order valence-electron chi connectivity index (χ0n) is 32.6. The first-order valence-electron chi connectivity index (χ1n) is 20.4. The van der Waals surface area contributed by atoms with Crippen LogP contribution >= 0.6 is 0 Å². The van der Waals surface area contributed by atoms with Crippen LogP contribution in [0.4, 0.5) is 0 Å². The second-order valence-electron chi connectivity index (χ2n) is 15.4. The molecule has 12 aromatic rings. The summed E-state index contributed by atoms with van der Waals surface area (Å²) in [5, 5.41) is 7.21. The van der Waals surface area contributed by atoms with E-state index in [2.05, 4.69) is 215 Å². The highest BCUT2D eigenvalue weighted by molar-refractivity contribution is 6.26. The van der Waals surface area contributed by atoms with Gasteiger partial charge in [-0.3, -0.25) is 0 Å². The van der Waals surface area contributed by atoms with Crippen molar-refractivity contribution in [1.82, 2.24) is 19.1 Å². The molecule has 0 unspecified atom stereocenters. The van der Waals surface area contributed by atoms with E-state index in [4.69, 9.17) is 9.97 Å². The third-order valence-corrected chi connectivity index (χ3v) is 11.9. The lowest BCUT2D eigenvalue weighted by atomic mass is 10.0. The SMILES string of the molecule is c1ccc(-c2cccc(-n3c4ccccc4c4ccc5c(c6ccccc6n5-c5ccc6ccc(-c7nc(-c8ccccc8)cc(-c8ccccc8)n7)cc6c5)c43)c2)cc1. The van der Waals surface area contributed by atoms with E-state index in [1.807, 2.05) is 12.1 Å². The van der Waals surface area contributed by atoms with Crippen molar-refractivity contribution >= 4 is 54.4 Å². The molecule has 0 aliphatic rings. The minimum absolute atomic E-state index is 0.700. The molecule has 0 spiro atoms. The molecule has 0 fully saturated rings. The maximum Gasteiger partial charge on any atom is 0.160 e. The molecule has 0 N–H and O–H groups in total. The van der Waals surface area contributed by atoms with Crippen molar-refractivity contribution in [1.29, 1.82) is 0 Å². The molecule has 60 heavy (non-hydrogen) atoms. The molecule has 280 valence electrons. The fourth-order valence-corrected chi connectivity index (χ4v) is 9.11. The van der Waals surface area contributed by atoms with Gasteiger partial charge in [-0.2, -0.15) is 0 Å². The van der Waals surface area contributed by atoms with E-state index in [9.17, 15) is 0 Å². The molecule has 0 saturated carbocycles. The van der Waals surface area contributed by atoms with E-state index in [1.165, 1.54) is 43.7 Å². The predicted octanol–water partition coefficient (Wildman–Crippen LogP) is 14.5. The van der Waals surface area contributed by atoms with E-state index in [0.717, 1.165) is 61.3 Å². The maximum atomic E-state index is 5.14. The highest BCUT2D eigenvalue weighted by Gasteiger charge is 2.21. The molecule has 4 heteroatoms. The fourth-order valence-electron chi connectivity index (χ4n) is 9.11.